The van der Waals surface area contributed by atoms with Crippen LogP contribution >= 0.6 is 15.9 Å². The molecule has 1 aliphatic heterocycles. The van der Waals surface area contributed by atoms with E-state index in [1.54, 1.807) is 4.68 Å². The van der Waals surface area contributed by atoms with Gasteiger partial charge >= 0.3 is 0 Å². The first-order valence-corrected chi connectivity index (χ1v) is 5.77. The Kier molecular flexibility index (Phi) is 2.04. The van der Waals surface area contributed by atoms with Gasteiger partial charge in [-0.3, -0.25) is 0 Å². The predicted molar refractivity (Wildman–Crippen MR) is 61.9 cm³/mol. The number of benzene rings is 1. The van der Waals surface area contributed by atoms with E-state index >= 15 is 0 Å². The molecule has 3 rings (SSSR count). The molecule has 2 atom stereocenters. The van der Waals surface area contributed by atoms with Crippen LogP contribution in [0.2, 0.25) is 0 Å². The maximum absolute atomic E-state index is 10.0. The molecule has 82 valence electrons. The van der Waals surface area contributed by atoms with E-state index in [9.17, 15) is 5.11 Å². The molecule has 0 saturated carbocycles. The first-order valence-electron chi connectivity index (χ1n) is 5.48. The molecule has 0 bridgehead atoms. The van der Waals surface area contributed by atoms with Gasteiger partial charge in [0.15, 0.2) is 5.82 Å². The minimum Gasteiger partial charge on any atom is -0.385 e. The lowest BCUT2D eigenvalue weighted by molar-refractivity contribution is 0.172. The summed E-state index contributed by atoms with van der Waals surface area (Å²) in [5.41, 5.74) is 1.02. The third kappa shape index (κ3) is 1.47. The molecule has 1 aromatic heterocycles. The van der Waals surface area contributed by atoms with Gasteiger partial charge in [0.2, 0.25) is 4.73 Å². The number of halogens is 1. The zero-order chi connectivity index (χ0) is 12.0. The van der Waals surface area contributed by atoms with Crippen LogP contribution < -0.4 is 0 Å². The molecular weight excluding hydrogens is 270 g/mol. The summed E-state index contributed by atoms with van der Waals surface area (Å²) in [4.78, 5) is 4.05. The fourth-order valence-corrected chi connectivity index (χ4v) is 2.35. The summed E-state index contributed by atoms with van der Waals surface area (Å²) in [7, 11) is 0. The number of rotatable bonds is 1. The quantitative estimate of drug-likeness (QED) is 0.870. The van der Waals surface area contributed by atoms with Gasteiger partial charge in [0, 0.05) is 6.42 Å². The molecule has 4 nitrogen and oxygen atoms in total. The molecule has 16 heavy (non-hydrogen) atoms. The van der Waals surface area contributed by atoms with E-state index in [4.69, 9.17) is 1.37 Å². The number of aromatic nitrogens is 3. The monoisotopic (exact) mass is 280 g/mol. The van der Waals surface area contributed by atoms with Crippen LogP contribution in [0.3, 0.4) is 0 Å². The minimum absolute atomic E-state index is 0.132. The molecule has 1 aliphatic rings. The molecule has 1 N–H and O–H groups in total. The van der Waals surface area contributed by atoms with E-state index in [-0.39, 0.29) is 12.5 Å². The molecular formula is C11H10BrN3O. The Labute approximate surface area is 102 Å². The third-order valence-electron chi connectivity index (χ3n) is 2.73. The SMILES string of the molecule is [2H][C@@]1(O)C[C@@H](c2ccccc2)n2nc(Br)nc21. The number of nitrogens with zero attached hydrogens (tertiary/aromatic N) is 3. The summed E-state index contributed by atoms with van der Waals surface area (Å²) in [6.45, 7) is 0. The first kappa shape index (κ1) is 8.90. The van der Waals surface area contributed by atoms with Crippen LogP contribution in [0.5, 0.6) is 0 Å². The molecule has 5 heteroatoms. The summed E-state index contributed by atoms with van der Waals surface area (Å²) >= 11 is 3.17. The topological polar surface area (TPSA) is 50.9 Å². The molecule has 0 radical (unpaired) electrons. The molecule has 1 aromatic carbocycles. The van der Waals surface area contributed by atoms with E-state index in [1.165, 1.54) is 0 Å². The van der Waals surface area contributed by atoms with Gasteiger partial charge in [-0.05, 0) is 21.5 Å². The third-order valence-corrected chi connectivity index (χ3v) is 3.07. The molecule has 0 aliphatic carbocycles. The van der Waals surface area contributed by atoms with Crippen molar-refractivity contribution in [3.63, 3.8) is 0 Å². The Hall–Kier alpha value is -1.20. The van der Waals surface area contributed by atoms with Crippen LogP contribution in [0.1, 0.15) is 31.3 Å². The number of hydrogen-bond acceptors (Lipinski definition) is 3. The lowest BCUT2D eigenvalue weighted by Gasteiger charge is -2.11. The highest BCUT2D eigenvalue weighted by atomic mass is 79.9. The Morgan fingerprint density at radius 1 is 1.44 bits per heavy atom. The van der Waals surface area contributed by atoms with Crippen LogP contribution in [-0.2, 0) is 0 Å². The lowest BCUT2D eigenvalue weighted by atomic mass is 10.0. The lowest BCUT2D eigenvalue weighted by Crippen LogP contribution is -2.07. The van der Waals surface area contributed by atoms with E-state index in [0.29, 0.717) is 10.6 Å². The summed E-state index contributed by atoms with van der Waals surface area (Å²) in [5.74, 6) is 0.290. The van der Waals surface area contributed by atoms with Gasteiger partial charge in [0.1, 0.15) is 6.08 Å². The average molecular weight is 281 g/mol. The maximum atomic E-state index is 10.0. The van der Waals surface area contributed by atoms with E-state index in [0.717, 1.165) is 5.56 Å². The fourth-order valence-electron chi connectivity index (χ4n) is 2.01. The van der Waals surface area contributed by atoms with Gasteiger partial charge in [-0.1, -0.05) is 30.3 Å². The van der Waals surface area contributed by atoms with Gasteiger partial charge in [0.05, 0.1) is 7.41 Å². The summed E-state index contributed by atoms with van der Waals surface area (Å²) in [5, 5.41) is 14.2. The molecule has 2 aromatic rings. The van der Waals surface area contributed by atoms with Crippen molar-refractivity contribution < 1.29 is 6.48 Å². The molecule has 0 fully saturated rings. The molecule has 0 amide bonds. The molecule has 2 heterocycles. The summed E-state index contributed by atoms with van der Waals surface area (Å²) in [6.07, 6.45) is -1.39. The zero-order valence-corrected chi connectivity index (χ0v) is 9.92. The summed E-state index contributed by atoms with van der Waals surface area (Å²) < 4.78 is 9.89. The predicted octanol–water partition coefficient (Wildman–Crippen LogP) is 2.07. The van der Waals surface area contributed by atoms with Crippen molar-refractivity contribution >= 4 is 15.9 Å². The van der Waals surface area contributed by atoms with Crippen molar-refractivity contribution in [3.8, 4) is 0 Å². The number of aliphatic hydroxyl groups is 1. The Morgan fingerprint density at radius 3 is 2.94 bits per heavy atom. The number of hydrogen-bond donors (Lipinski definition) is 1. The highest BCUT2D eigenvalue weighted by Gasteiger charge is 2.33. The second kappa shape index (κ2) is 3.68. The van der Waals surface area contributed by atoms with Gasteiger partial charge in [0.25, 0.3) is 0 Å². The van der Waals surface area contributed by atoms with Gasteiger partial charge < -0.3 is 5.11 Å². The van der Waals surface area contributed by atoms with Crippen molar-refractivity contribution in [1.82, 2.24) is 14.8 Å². The molecule has 0 saturated heterocycles. The van der Waals surface area contributed by atoms with Crippen LogP contribution in [-0.4, -0.2) is 19.9 Å². The standard InChI is InChI=1S/C11H10BrN3O/c12-11-13-10-9(16)6-8(15(10)14-11)7-4-2-1-3-5-7/h1-5,8-9,16H,6H2/t8-,9+/m0/s1/i9D. The normalized spacial score (nSPS) is 28.9. The van der Waals surface area contributed by atoms with Crippen molar-refractivity contribution in [2.75, 3.05) is 0 Å². The molecule has 0 spiro atoms. The van der Waals surface area contributed by atoms with Crippen LogP contribution in [0, 0.1) is 0 Å². The average Bonchev–Trinajstić information content (AvgIpc) is 2.79. The van der Waals surface area contributed by atoms with Gasteiger partial charge in [-0.15, -0.1) is 5.10 Å². The van der Waals surface area contributed by atoms with Crippen molar-refractivity contribution in [2.45, 2.75) is 18.5 Å². The van der Waals surface area contributed by atoms with Crippen LogP contribution in [0.25, 0.3) is 0 Å². The van der Waals surface area contributed by atoms with Crippen molar-refractivity contribution in [2.24, 2.45) is 0 Å². The van der Waals surface area contributed by atoms with Gasteiger partial charge in [-0.2, -0.15) is 0 Å². The first-order chi connectivity index (χ1) is 8.08. The maximum Gasteiger partial charge on any atom is 0.217 e. The van der Waals surface area contributed by atoms with Crippen LogP contribution in [0.4, 0.5) is 0 Å². The van der Waals surface area contributed by atoms with Crippen molar-refractivity contribution in [1.29, 1.82) is 0 Å². The number of fused-ring (bicyclic) bond motifs is 1. The minimum atomic E-state index is -1.67. The summed E-state index contributed by atoms with van der Waals surface area (Å²) in [6, 6.07) is 9.60. The van der Waals surface area contributed by atoms with E-state index in [1.807, 2.05) is 30.3 Å². The van der Waals surface area contributed by atoms with Crippen molar-refractivity contribution in [3.05, 3.63) is 46.5 Å². The zero-order valence-electron chi connectivity index (χ0n) is 9.34. The Bertz CT molecular complexity index is 555. The van der Waals surface area contributed by atoms with Gasteiger partial charge in [-0.25, -0.2) is 9.67 Å². The fraction of sp³-hybridized carbons (Fsp3) is 0.273. The Balaban J connectivity index is 2.11. The second-order valence-electron chi connectivity index (χ2n) is 3.73. The second-order valence-corrected chi connectivity index (χ2v) is 4.44. The van der Waals surface area contributed by atoms with E-state index in [2.05, 4.69) is 26.0 Å². The van der Waals surface area contributed by atoms with Crippen LogP contribution in [0.15, 0.2) is 35.1 Å². The molecule has 0 unspecified atom stereocenters. The highest BCUT2D eigenvalue weighted by Crippen LogP contribution is 2.37. The van der Waals surface area contributed by atoms with E-state index < -0.39 is 6.08 Å². The Morgan fingerprint density at radius 2 is 2.19 bits per heavy atom. The smallest absolute Gasteiger partial charge is 0.217 e. The highest BCUT2D eigenvalue weighted by molar-refractivity contribution is 9.10. The largest absolute Gasteiger partial charge is 0.385 e.